The SMILES string of the molecule is CC(Cn1cc(C(=O)O)cn1)C(N)=O. The molecular formula is C8H11N3O3. The van der Waals surface area contributed by atoms with Gasteiger partial charge < -0.3 is 10.8 Å². The fraction of sp³-hybridized carbons (Fsp3) is 0.375. The van der Waals surface area contributed by atoms with Crippen molar-refractivity contribution < 1.29 is 14.7 Å². The van der Waals surface area contributed by atoms with Crippen LogP contribution in [0.3, 0.4) is 0 Å². The molecule has 1 aromatic heterocycles. The summed E-state index contributed by atoms with van der Waals surface area (Å²) >= 11 is 0. The van der Waals surface area contributed by atoms with E-state index >= 15 is 0 Å². The standard InChI is InChI=1S/C8H11N3O3/c1-5(7(9)12)3-11-4-6(2-10-11)8(13)14/h2,4-5H,3H2,1H3,(H2,9,12)(H,13,14). The summed E-state index contributed by atoms with van der Waals surface area (Å²) in [6.45, 7) is 1.95. The van der Waals surface area contributed by atoms with Crippen molar-refractivity contribution in [2.45, 2.75) is 13.5 Å². The van der Waals surface area contributed by atoms with Crippen molar-refractivity contribution in [1.29, 1.82) is 0 Å². The van der Waals surface area contributed by atoms with Crippen LogP contribution in [0.1, 0.15) is 17.3 Å². The first kappa shape index (κ1) is 10.2. The lowest BCUT2D eigenvalue weighted by Crippen LogP contribution is -2.24. The molecule has 0 radical (unpaired) electrons. The Balaban J connectivity index is 2.69. The fourth-order valence-electron chi connectivity index (χ4n) is 0.944. The maximum absolute atomic E-state index is 10.7. The molecule has 0 aromatic carbocycles. The number of rotatable bonds is 4. The molecule has 1 aromatic rings. The molecule has 1 amide bonds. The second-order valence-electron chi connectivity index (χ2n) is 3.06. The highest BCUT2D eigenvalue weighted by Gasteiger charge is 2.11. The molecule has 0 aliphatic carbocycles. The molecule has 1 atom stereocenters. The summed E-state index contributed by atoms with van der Waals surface area (Å²) in [6, 6.07) is 0. The highest BCUT2D eigenvalue weighted by atomic mass is 16.4. The average molecular weight is 197 g/mol. The molecule has 6 heteroatoms. The van der Waals surface area contributed by atoms with Crippen molar-refractivity contribution in [3.05, 3.63) is 18.0 Å². The number of primary amides is 1. The minimum Gasteiger partial charge on any atom is -0.478 e. The van der Waals surface area contributed by atoms with Crippen molar-refractivity contribution >= 4 is 11.9 Å². The summed E-state index contributed by atoms with van der Waals surface area (Å²) in [7, 11) is 0. The number of carboxylic acids is 1. The average Bonchev–Trinajstić information content (AvgIpc) is 2.52. The predicted octanol–water partition coefficient (Wildman–Crippen LogP) is -0.297. The van der Waals surface area contributed by atoms with Crippen molar-refractivity contribution in [3.63, 3.8) is 0 Å². The second-order valence-corrected chi connectivity index (χ2v) is 3.06. The van der Waals surface area contributed by atoms with E-state index in [4.69, 9.17) is 10.8 Å². The smallest absolute Gasteiger partial charge is 0.338 e. The molecule has 6 nitrogen and oxygen atoms in total. The maximum atomic E-state index is 10.7. The number of aromatic carboxylic acids is 1. The largest absolute Gasteiger partial charge is 0.478 e. The summed E-state index contributed by atoms with van der Waals surface area (Å²) in [6.07, 6.45) is 2.60. The molecule has 0 saturated carbocycles. The highest BCUT2D eigenvalue weighted by molar-refractivity contribution is 5.86. The van der Waals surface area contributed by atoms with Crippen molar-refractivity contribution in [1.82, 2.24) is 9.78 Å². The number of nitrogens with two attached hydrogens (primary N) is 1. The Labute approximate surface area is 80.3 Å². The molecule has 1 heterocycles. The number of carbonyl (C=O) groups is 2. The summed E-state index contributed by atoms with van der Waals surface area (Å²) < 4.78 is 1.39. The van der Waals surface area contributed by atoms with E-state index in [1.165, 1.54) is 17.1 Å². The Kier molecular flexibility index (Phi) is 2.85. The zero-order valence-corrected chi connectivity index (χ0v) is 7.67. The van der Waals surface area contributed by atoms with Crippen molar-refractivity contribution in [2.75, 3.05) is 0 Å². The molecule has 1 rings (SSSR count). The first-order chi connectivity index (χ1) is 6.50. The van der Waals surface area contributed by atoms with Gasteiger partial charge in [0.05, 0.1) is 24.2 Å². The summed E-state index contributed by atoms with van der Waals surface area (Å²) in [5, 5.41) is 12.4. The Bertz CT molecular complexity index is 358. The number of hydrogen-bond donors (Lipinski definition) is 2. The van der Waals surface area contributed by atoms with E-state index in [0.717, 1.165) is 0 Å². The summed E-state index contributed by atoms with van der Waals surface area (Å²) in [4.78, 5) is 21.2. The molecule has 0 aliphatic rings. The molecule has 0 aliphatic heterocycles. The Morgan fingerprint density at radius 3 is 2.79 bits per heavy atom. The molecular weight excluding hydrogens is 186 g/mol. The van der Waals surface area contributed by atoms with Crippen LogP contribution in [0, 0.1) is 5.92 Å². The second kappa shape index (κ2) is 3.91. The normalized spacial score (nSPS) is 12.4. The molecule has 0 bridgehead atoms. The van der Waals surface area contributed by atoms with Gasteiger partial charge in [-0.2, -0.15) is 5.10 Å². The van der Waals surface area contributed by atoms with Gasteiger partial charge in [0.1, 0.15) is 0 Å². The fourth-order valence-corrected chi connectivity index (χ4v) is 0.944. The van der Waals surface area contributed by atoms with Crippen LogP contribution in [-0.4, -0.2) is 26.8 Å². The van der Waals surface area contributed by atoms with Gasteiger partial charge >= 0.3 is 5.97 Å². The number of hydrogen-bond acceptors (Lipinski definition) is 3. The van der Waals surface area contributed by atoms with Gasteiger partial charge in [0, 0.05) is 6.20 Å². The van der Waals surface area contributed by atoms with E-state index in [0.29, 0.717) is 6.54 Å². The first-order valence-electron chi connectivity index (χ1n) is 4.05. The molecule has 1 unspecified atom stereocenters. The molecule has 0 fully saturated rings. The van der Waals surface area contributed by atoms with Crippen LogP contribution in [0.2, 0.25) is 0 Å². The van der Waals surface area contributed by atoms with E-state index in [1.807, 2.05) is 0 Å². The highest BCUT2D eigenvalue weighted by Crippen LogP contribution is 2.02. The van der Waals surface area contributed by atoms with Crippen molar-refractivity contribution in [3.8, 4) is 0 Å². The van der Waals surface area contributed by atoms with Crippen LogP contribution in [0.15, 0.2) is 12.4 Å². The van der Waals surface area contributed by atoms with Crippen LogP contribution in [0.5, 0.6) is 0 Å². The number of nitrogens with zero attached hydrogens (tertiary/aromatic N) is 2. The van der Waals surface area contributed by atoms with E-state index in [9.17, 15) is 9.59 Å². The van der Waals surface area contributed by atoms with Gasteiger partial charge in [0.25, 0.3) is 0 Å². The Morgan fingerprint density at radius 1 is 1.71 bits per heavy atom. The lowest BCUT2D eigenvalue weighted by atomic mass is 10.2. The van der Waals surface area contributed by atoms with Gasteiger partial charge in [-0.3, -0.25) is 9.48 Å². The van der Waals surface area contributed by atoms with Crippen LogP contribution >= 0.6 is 0 Å². The maximum Gasteiger partial charge on any atom is 0.338 e. The third-order valence-corrected chi connectivity index (χ3v) is 1.83. The lowest BCUT2D eigenvalue weighted by Gasteiger charge is -2.05. The van der Waals surface area contributed by atoms with E-state index in [1.54, 1.807) is 6.92 Å². The van der Waals surface area contributed by atoms with Gasteiger partial charge in [-0.25, -0.2) is 4.79 Å². The monoisotopic (exact) mass is 197 g/mol. The number of carboxylic acid groups (broad SMARTS) is 1. The topological polar surface area (TPSA) is 98.2 Å². The van der Waals surface area contributed by atoms with Crippen LogP contribution in [0.4, 0.5) is 0 Å². The molecule has 0 saturated heterocycles. The minimum absolute atomic E-state index is 0.0988. The zero-order valence-electron chi connectivity index (χ0n) is 7.67. The molecule has 0 spiro atoms. The summed E-state index contributed by atoms with van der Waals surface area (Å²) in [5.41, 5.74) is 5.15. The third kappa shape index (κ3) is 2.32. The van der Waals surface area contributed by atoms with Gasteiger partial charge in [0.2, 0.25) is 5.91 Å². The van der Waals surface area contributed by atoms with Crippen molar-refractivity contribution in [2.24, 2.45) is 11.7 Å². The summed E-state index contributed by atoms with van der Waals surface area (Å²) in [5.74, 6) is -1.84. The first-order valence-corrected chi connectivity index (χ1v) is 4.05. The lowest BCUT2D eigenvalue weighted by molar-refractivity contribution is -0.121. The van der Waals surface area contributed by atoms with Gasteiger partial charge in [-0.05, 0) is 0 Å². The Hall–Kier alpha value is -1.85. The quantitative estimate of drug-likeness (QED) is 0.692. The van der Waals surface area contributed by atoms with Crippen LogP contribution in [-0.2, 0) is 11.3 Å². The number of aromatic nitrogens is 2. The molecule has 14 heavy (non-hydrogen) atoms. The minimum atomic E-state index is -1.04. The molecule has 76 valence electrons. The van der Waals surface area contributed by atoms with E-state index < -0.39 is 11.9 Å². The van der Waals surface area contributed by atoms with E-state index in [-0.39, 0.29) is 11.5 Å². The predicted molar refractivity (Wildman–Crippen MR) is 47.5 cm³/mol. The van der Waals surface area contributed by atoms with Gasteiger partial charge in [-0.1, -0.05) is 6.92 Å². The van der Waals surface area contributed by atoms with E-state index in [2.05, 4.69) is 5.10 Å². The van der Waals surface area contributed by atoms with Crippen LogP contribution < -0.4 is 5.73 Å². The number of amides is 1. The van der Waals surface area contributed by atoms with Gasteiger partial charge in [-0.15, -0.1) is 0 Å². The molecule has 3 N–H and O–H groups in total. The zero-order chi connectivity index (χ0) is 10.7. The third-order valence-electron chi connectivity index (χ3n) is 1.83. The number of carbonyl (C=O) groups excluding carboxylic acids is 1. The van der Waals surface area contributed by atoms with Gasteiger partial charge in [0.15, 0.2) is 0 Å². The Morgan fingerprint density at radius 2 is 2.36 bits per heavy atom. The van der Waals surface area contributed by atoms with Crippen LogP contribution in [0.25, 0.3) is 0 Å².